The lowest BCUT2D eigenvalue weighted by molar-refractivity contribution is 0.580. The molecule has 0 amide bonds. The Labute approximate surface area is 123 Å². The van der Waals surface area contributed by atoms with E-state index in [1.165, 1.54) is 18.3 Å². The van der Waals surface area contributed by atoms with Gasteiger partial charge in [0.1, 0.15) is 4.90 Å². The van der Waals surface area contributed by atoms with Crippen LogP contribution in [0.5, 0.6) is 0 Å². The molecule has 0 fully saturated rings. The van der Waals surface area contributed by atoms with E-state index in [1.807, 2.05) is 19.1 Å². The topological polar surface area (TPSA) is 110 Å². The van der Waals surface area contributed by atoms with Gasteiger partial charge in [0.25, 0.3) is 0 Å². The fraction of sp³-hybridized carbons (Fsp3) is 0.231. The van der Waals surface area contributed by atoms with E-state index in [9.17, 15) is 8.42 Å². The van der Waals surface area contributed by atoms with Crippen LogP contribution in [0.25, 0.3) is 0 Å². The Bertz CT molecular complexity index is 718. The third kappa shape index (κ3) is 3.54. The van der Waals surface area contributed by atoms with E-state index in [1.54, 1.807) is 6.20 Å². The Balaban J connectivity index is 2.22. The van der Waals surface area contributed by atoms with E-state index in [4.69, 9.17) is 5.84 Å². The molecule has 7 nitrogen and oxygen atoms in total. The monoisotopic (exact) mass is 307 g/mol. The van der Waals surface area contributed by atoms with Gasteiger partial charge in [0.05, 0.1) is 12.2 Å². The van der Waals surface area contributed by atoms with Crippen LogP contribution in [0.1, 0.15) is 18.2 Å². The van der Waals surface area contributed by atoms with Crippen LogP contribution in [0, 0.1) is 0 Å². The van der Waals surface area contributed by atoms with Crippen molar-refractivity contribution in [3.05, 3.63) is 47.9 Å². The van der Waals surface area contributed by atoms with Gasteiger partial charge in [-0.2, -0.15) is 0 Å². The molecule has 0 radical (unpaired) electrons. The lowest BCUT2D eigenvalue weighted by Gasteiger charge is -2.11. The maximum Gasteiger partial charge on any atom is 0.244 e. The van der Waals surface area contributed by atoms with Crippen molar-refractivity contribution in [3.63, 3.8) is 0 Å². The summed E-state index contributed by atoms with van der Waals surface area (Å²) in [4.78, 5) is 8.09. The average Bonchev–Trinajstić information content (AvgIpc) is 2.53. The molecule has 0 aromatic carbocycles. The number of pyridine rings is 2. The molecule has 8 heteroatoms. The lowest BCUT2D eigenvalue weighted by Crippen LogP contribution is -2.26. The summed E-state index contributed by atoms with van der Waals surface area (Å²) >= 11 is 0. The van der Waals surface area contributed by atoms with E-state index in [0.29, 0.717) is 5.69 Å². The number of aromatic nitrogens is 2. The highest BCUT2D eigenvalue weighted by Crippen LogP contribution is 2.17. The van der Waals surface area contributed by atoms with Crippen molar-refractivity contribution in [2.75, 3.05) is 5.43 Å². The largest absolute Gasteiger partial charge is 0.307 e. The van der Waals surface area contributed by atoms with Gasteiger partial charge in [-0.3, -0.25) is 4.98 Å². The third-order valence-corrected chi connectivity index (χ3v) is 4.42. The molecule has 0 atom stereocenters. The molecule has 21 heavy (non-hydrogen) atoms. The molecule has 2 heterocycles. The Hall–Kier alpha value is -2.03. The lowest BCUT2D eigenvalue weighted by atomic mass is 10.1. The van der Waals surface area contributed by atoms with Crippen LogP contribution in [0.2, 0.25) is 0 Å². The summed E-state index contributed by atoms with van der Waals surface area (Å²) in [6.07, 6.45) is 3.88. The summed E-state index contributed by atoms with van der Waals surface area (Å²) in [6.45, 7) is 2.11. The summed E-state index contributed by atoms with van der Waals surface area (Å²) < 4.78 is 27.1. The summed E-state index contributed by atoms with van der Waals surface area (Å²) in [5.74, 6) is 5.38. The van der Waals surface area contributed by atoms with Crippen LogP contribution in [0.4, 0.5) is 5.82 Å². The second-order valence-corrected chi connectivity index (χ2v) is 6.02. The van der Waals surface area contributed by atoms with Crippen LogP contribution in [-0.4, -0.2) is 18.4 Å². The van der Waals surface area contributed by atoms with Gasteiger partial charge in [0, 0.05) is 12.4 Å². The Morgan fingerprint density at radius 3 is 2.62 bits per heavy atom. The SMILES string of the molecule is CCc1cccnc1CNS(=O)(=O)c1cccnc1NN. The quantitative estimate of drug-likeness (QED) is 0.538. The van der Waals surface area contributed by atoms with Crippen molar-refractivity contribution >= 4 is 15.8 Å². The number of sulfonamides is 1. The van der Waals surface area contributed by atoms with Crippen molar-refractivity contribution in [2.45, 2.75) is 24.8 Å². The fourth-order valence-electron chi connectivity index (χ4n) is 1.91. The highest BCUT2D eigenvalue weighted by molar-refractivity contribution is 7.89. The highest BCUT2D eigenvalue weighted by Gasteiger charge is 2.19. The Morgan fingerprint density at radius 1 is 1.19 bits per heavy atom. The summed E-state index contributed by atoms with van der Waals surface area (Å²) in [6, 6.07) is 6.72. The molecular weight excluding hydrogens is 290 g/mol. The molecule has 0 aliphatic carbocycles. The van der Waals surface area contributed by atoms with Crippen LogP contribution in [0.15, 0.2) is 41.6 Å². The summed E-state index contributed by atoms with van der Waals surface area (Å²) in [7, 11) is -3.72. The first-order chi connectivity index (χ1) is 10.1. The number of aryl methyl sites for hydroxylation is 1. The molecule has 0 saturated carbocycles. The van der Waals surface area contributed by atoms with E-state index >= 15 is 0 Å². The molecule has 0 saturated heterocycles. The first-order valence-corrected chi connectivity index (χ1v) is 7.91. The summed E-state index contributed by atoms with van der Waals surface area (Å²) in [5.41, 5.74) is 3.98. The number of rotatable bonds is 6. The van der Waals surface area contributed by atoms with Crippen molar-refractivity contribution < 1.29 is 8.42 Å². The van der Waals surface area contributed by atoms with Crippen LogP contribution < -0.4 is 16.0 Å². The first kappa shape index (κ1) is 15.4. The van der Waals surface area contributed by atoms with E-state index < -0.39 is 10.0 Å². The van der Waals surface area contributed by atoms with Crippen LogP contribution in [0.3, 0.4) is 0 Å². The predicted octanol–water partition coefficient (Wildman–Crippen LogP) is 0.803. The molecule has 0 bridgehead atoms. The van der Waals surface area contributed by atoms with Crippen LogP contribution in [-0.2, 0) is 23.0 Å². The molecule has 2 aromatic heterocycles. The summed E-state index contributed by atoms with van der Waals surface area (Å²) in [5, 5.41) is 0. The van der Waals surface area contributed by atoms with E-state index in [-0.39, 0.29) is 17.3 Å². The van der Waals surface area contributed by atoms with Gasteiger partial charge in [-0.15, -0.1) is 0 Å². The molecular formula is C13H17N5O2S. The zero-order valence-electron chi connectivity index (χ0n) is 11.6. The van der Waals surface area contributed by atoms with Gasteiger partial charge in [-0.05, 0) is 30.2 Å². The van der Waals surface area contributed by atoms with Gasteiger partial charge in [-0.25, -0.2) is 24.0 Å². The predicted molar refractivity (Wildman–Crippen MR) is 79.7 cm³/mol. The van der Waals surface area contributed by atoms with Gasteiger partial charge in [0.2, 0.25) is 10.0 Å². The minimum Gasteiger partial charge on any atom is -0.307 e. The minimum absolute atomic E-state index is 0.00137. The van der Waals surface area contributed by atoms with Gasteiger partial charge < -0.3 is 5.43 Å². The molecule has 0 aliphatic heterocycles. The number of anilines is 1. The Morgan fingerprint density at radius 2 is 1.90 bits per heavy atom. The number of nitrogens with two attached hydrogens (primary N) is 1. The molecule has 0 aliphatic rings. The Kier molecular flexibility index (Phi) is 4.84. The maximum absolute atomic E-state index is 12.3. The van der Waals surface area contributed by atoms with E-state index in [0.717, 1.165) is 12.0 Å². The normalized spacial score (nSPS) is 11.3. The molecule has 0 spiro atoms. The smallest absolute Gasteiger partial charge is 0.244 e. The van der Waals surface area contributed by atoms with Crippen LogP contribution >= 0.6 is 0 Å². The standard InChI is InChI=1S/C13H17N5O2S/c1-2-10-5-3-7-15-11(10)9-17-21(19,20)12-6-4-8-16-13(12)18-14/h3-8,17H,2,9,14H2,1H3,(H,16,18). The second kappa shape index (κ2) is 6.61. The fourth-order valence-corrected chi connectivity index (χ4v) is 3.02. The van der Waals surface area contributed by atoms with Crippen molar-refractivity contribution in [3.8, 4) is 0 Å². The van der Waals surface area contributed by atoms with Crippen molar-refractivity contribution in [2.24, 2.45) is 5.84 Å². The molecule has 0 unspecified atom stereocenters. The number of nitrogen functional groups attached to an aromatic ring is 1. The zero-order chi connectivity index (χ0) is 15.3. The first-order valence-electron chi connectivity index (χ1n) is 6.42. The number of hydrogen-bond donors (Lipinski definition) is 3. The number of nitrogens with one attached hydrogen (secondary N) is 2. The minimum atomic E-state index is -3.72. The van der Waals surface area contributed by atoms with Crippen molar-refractivity contribution in [1.82, 2.24) is 14.7 Å². The van der Waals surface area contributed by atoms with Gasteiger partial charge in [-0.1, -0.05) is 13.0 Å². The van der Waals surface area contributed by atoms with Gasteiger partial charge in [0.15, 0.2) is 5.82 Å². The highest BCUT2D eigenvalue weighted by atomic mass is 32.2. The third-order valence-electron chi connectivity index (χ3n) is 2.99. The number of hydrazine groups is 1. The molecule has 2 rings (SSSR count). The molecule has 2 aromatic rings. The van der Waals surface area contributed by atoms with E-state index in [2.05, 4.69) is 20.1 Å². The zero-order valence-corrected chi connectivity index (χ0v) is 12.4. The molecule has 112 valence electrons. The second-order valence-electron chi connectivity index (χ2n) is 4.28. The molecule has 4 N–H and O–H groups in total. The maximum atomic E-state index is 12.3. The van der Waals surface area contributed by atoms with Crippen molar-refractivity contribution in [1.29, 1.82) is 0 Å². The van der Waals surface area contributed by atoms with Gasteiger partial charge >= 0.3 is 0 Å². The number of hydrogen-bond acceptors (Lipinski definition) is 6. The number of nitrogens with zero attached hydrogens (tertiary/aromatic N) is 2. The average molecular weight is 307 g/mol.